The molecule has 186 valence electrons. The molecule has 13 heteroatoms. The largest absolute Gasteiger partial charge is 0.494 e. The predicted octanol–water partition coefficient (Wildman–Crippen LogP) is 1.33. The summed E-state index contributed by atoms with van der Waals surface area (Å²) >= 11 is 0. The van der Waals surface area contributed by atoms with Gasteiger partial charge in [-0.25, -0.2) is 29.6 Å². The Morgan fingerprint density at radius 1 is 1.03 bits per heavy atom. The molecule has 5 aromatic rings. The van der Waals surface area contributed by atoms with Crippen molar-refractivity contribution in [3.63, 3.8) is 0 Å². The average molecular weight is 499 g/mol. The molecule has 0 aromatic carbocycles. The van der Waals surface area contributed by atoms with Gasteiger partial charge in [-0.15, -0.1) is 0 Å². The number of rotatable bonds is 5. The van der Waals surface area contributed by atoms with E-state index in [-0.39, 0.29) is 5.56 Å². The fourth-order valence-electron chi connectivity index (χ4n) is 4.57. The van der Waals surface area contributed by atoms with Gasteiger partial charge >= 0.3 is 0 Å². The molecule has 13 nitrogen and oxygen atoms in total. The Kier molecular flexibility index (Phi) is 5.44. The zero-order valence-corrected chi connectivity index (χ0v) is 20.1. The highest BCUT2D eigenvalue weighted by Gasteiger charge is 2.31. The minimum Gasteiger partial charge on any atom is -0.494 e. The molecule has 1 N–H and O–H groups in total. The lowest BCUT2D eigenvalue weighted by atomic mass is 10.1. The summed E-state index contributed by atoms with van der Waals surface area (Å²) < 4.78 is 6.98. The van der Waals surface area contributed by atoms with Gasteiger partial charge in [0.2, 0.25) is 0 Å². The van der Waals surface area contributed by atoms with Crippen LogP contribution in [0.2, 0.25) is 0 Å². The van der Waals surface area contributed by atoms with E-state index in [2.05, 4.69) is 39.9 Å². The van der Waals surface area contributed by atoms with Gasteiger partial charge in [0.15, 0.2) is 11.5 Å². The van der Waals surface area contributed by atoms with E-state index in [1.54, 1.807) is 18.0 Å². The summed E-state index contributed by atoms with van der Waals surface area (Å²) in [5.41, 5.74) is 1.35. The monoisotopic (exact) mass is 498 g/mol. The molecule has 6 rings (SSSR count). The lowest BCUT2D eigenvalue weighted by Crippen LogP contribution is -2.51. The summed E-state index contributed by atoms with van der Waals surface area (Å²) in [6, 6.07) is 3.76. The summed E-state index contributed by atoms with van der Waals surface area (Å²) in [6.45, 7) is 3.57. The van der Waals surface area contributed by atoms with Gasteiger partial charge in [0.1, 0.15) is 30.0 Å². The van der Waals surface area contributed by atoms with E-state index in [1.807, 2.05) is 12.1 Å². The number of carbonyl (C=O) groups excluding carboxylic acids is 2. The zero-order valence-electron chi connectivity index (χ0n) is 20.1. The van der Waals surface area contributed by atoms with Crippen molar-refractivity contribution in [2.24, 2.45) is 0 Å². The summed E-state index contributed by atoms with van der Waals surface area (Å²) in [7, 11) is 1.49. The number of aryl methyl sites for hydroxylation is 1. The highest BCUT2D eigenvalue weighted by atomic mass is 16.5. The molecule has 5 aromatic heterocycles. The molecule has 1 fully saturated rings. The number of hydrogen-bond acceptors (Lipinski definition) is 10. The summed E-state index contributed by atoms with van der Waals surface area (Å²) in [5.74, 6) is 0.967. The van der Waals surface area contributed by atoms with Crippen LogP contribution >= 0.6 is 0 Å². The number of amides is 1. The third-order valence-electron chi connectivity index (χ3n) is 6.39. The van der Waals surface area contributed by atoms with Crippen molar-refractivity contribution in [2.75, 3.05) is 38.2 Å². The van der Waals surface area contributed by atoms with Crippen LogP contribution in [0, 0.1) is 6.92 Å². The Morgan fingerprint density at radius 3 is 2.62 bits per heavy atom. The number of aromatic nitrogens is 8. The number of ether oxygens (including phenoxy) is 1. The molecule has 0 radical (unpaired) electrons. The van der Waals surface area contributed by atoms with Crippen molar-refractivity contribution >= 4 is 39.4 Å². The van der Waals surface area contributed by atoms with Crippen LogP contribution in [0.25, 0.3) is 27.8 Å². The fourth-order valence-corrected chi connectivity index (χ4v) is 4.57. The molecule has 1 amide bonds. The number of aromatic amines is 1. The lowest BCUT2D eigenvalue weighted by Gasteiger charge is -2.35. The number of nitrogens with one attached hydrogen (secondary N) is 1. The van der Waals surface area contributed by atoms with Gasteiger partial charge < -0.3 is 19.5 Å². The van der Waals surface area contributed by atoms with Crippen molar-refractivity contribution in [1.29, 1.82) is 0 Å². The van der Waals surface area contributed by atoms with Gasteiger partial charge in [-0.3, -0.25) is 9.59 Å². The quantitative estimate of drug-likeness (QED) is 0.278. The number of nitrogens with zero attached hydrogens (tertiary/aromatic N) is 9. The number of fused-ring (bicyclic) bond motifs is 2. The second kappa shape index (κ2) is 8.93. The van der Waals surface area contributed by atoms with E-state index in [4.69, 9.17) is 4.74 Å². The maximum Gasteiger partial charge on any atom is 0.295 e. The second-order valence-electron chi connectivity index (χ2n) is 8.52. The molecule has 1 aliphatic heterocycles. The van der Waals surface area contributed by atoms with Gasteiger partial charge in [-0.1, -0.05) is 0 Å². The Hall–Kier alpha value is -4.94. The van der Waals surface area contributed by atoms with Crippen LogP contribution in [-0.2, 0) is 4.79 Å². The molecule has 0 spiro atoms. The van der Waals surface area contributed by atoms with E-state index >= 15 is 0 Å². The number of Topliss-reactive ketones (excluding diaryl/α,β-unsaturated/α-hetero) is 1. The molecule has 0 atom stereocenters. The molecule has 6 heterocycles. The predicted molar refractivity (Wildman–Crippen MR) is 133 cm³/mol. The van der Waals surface area contributed by atoms with Crippen molar-refractivity contribution in [3.8, 4) is 11.6 Å². The Bertz CT molecular complexity index is 1650. The van der Waals surface area contributed by atoms with E-state index in [1.165, 1.54) is 36.8 Å². The van der Waals surface area contributed by atoms with Crippen molar-refractivity contribution in [1.82, 2.24) is 44.6 Å². The van der Waals surface area contributed by atoms with Gasteiger partial charge in [0, 0.05) is 38.6 Å². The Labute approximate surface area is 210 Å². The molecular formula is C24H22N10O3. The van der Waals surface area contributed by atoms with Gasteiger partial charge in [0.25, 0.3) is 11.7 Å². The number of methoxy groups -OCH3 is 1. The highest BCUT2D eigenvalue weighted by molar-refractivity contribution is 6.45. The maximum atomic E-state index is 13.4. The minimum atomic E-state index is -0.624. The summed E-state index contributed by atoms with van der Waals surface area (Å²) in [5, 5.41) is 5.62. The molecule has 0 unspecified atom stereocenters. The molecule has 1 aliphatic rings. The first kappa shape index (κ1) is 22.5. The van der Waals surface area contributed by atoms with Crippen LogP contribution in [0.4, 0.5) is 5.82 Å². The zero-order chi connectivity index (χ0) is 25.5. The molecule has 0 aliphatic carbocycles. The fraction of sp³-hybridized carbons (Fsp3) is 0.250. The van der Waals surface area contributed by atoms with Crippen LogP contribution in [0.15, 0.2) is 43.4 Å². The molecule has 0 saturated carbocycles. The first-order valence-electron chi connectivity index (χ1n) is 11.6. The van der Waals surface area contributed by atoms with Crippen molar-refractivity contribution in [3.05, 3.63) is 54.8 Å². The topological polar surface area (TPSA) is 148 Å². The average Bonchev–Trinajstić information content (AvgIpc) is 3.58. The molecule has 1 saturated heterocycles. The molecule has 37 heavy (non-hydrogen) atoms. The van der Waals surface area contributed by atoms with Crippen LogP contribution in [0.1, 0.15) is 16.2 Å². The maximum absolute atomic E-state index is 13.4. The Balaban J connectivity index is 1.25. The molecular weight excluding hydrogens is 476 g/mol. The first-order chi connectivity index (χ1) is 18.0. The summed E-state index contributed by atoms with van der Waals surface area (Å²) in [6.07, 6.45) is 7.72. The van der Waals surface area contributed by atoms with Crippen molar-refractivity contribution in [2.45, 2.75) is 6.92 Å². The SMILES string of the molecule is COc1cnc(-n2cnc(C)n2)c2[nH]cc(C(=O)C(=O)N3CCN(c4ncnc5ncccc45)CC3)c12. The highest BCUT2D eigenvalue weighted by Crippen LogP contribution is 2.32. The first-order valence-corrected chi connectivity index (χ1v) is 11.6. The van der Waals surface area contributed by atoms with Crippen LogP contribution in [0.5, 0.6) is 5.75 Å². The van der Waals surface area contributed by atoms with Crippen LogP contribution < -0.4 is 9.64 Å². The van der Waals surface area contributed by atoms with E-state index in [0.29, 0.717) is 60.1 Å². The number of anilines is 1. The van der Waals surface area contributed by atoms with Crippen LogP contribution in [-0.4, -0.2) is 89.6 Å². The smallest absolute Gasteiger partial charge is 0.295 e. The standard InChI is InChI=1S/C24H22N10O3/c1-14-30-13-34(31-14)23-19-18(17(37-2)11-27-23)16(10-26-19)20(35)24(36)33-8-6-32(7-9-33)22-15-4-3-5-25-21(15)28-12-29-22/h3-5,10-13,26H,6-9H2,1-2H3. The normalized spacial score (nSPS) is 13.9. The number of hydrogen-bond donors (Lipinski definition) is 1. The minimum absolute atomic E-state index is 0.215. The Morgan fingerprint density at radius 2 is 1.86 bits per heavy atom. The number of H-pyrrole nitrogens is 1. The number of pyridine rings is 2. The van der Waals surface area contributed by atoms with E-state index in [0.717, 1.165) is 11.2 Å². The number of piperazine rings is 1. The summed E-state index contributed by atoms with van der Waals surface area (Å²) in [4.78, 5) is 54.9. The molecule has 0 bridgehead atoms. The third kappa shape index (κ3) is 3.80. The second-order valence-corrected chi connectivity index (χ2v) is 8.52. The van der Waals surface area contributed by atoms with E-state index in [9.17, 15) is 9.59 Å². The van der Waals surface area contributed by atoms with E-state index < -0.39 is 11.7 Å². The van der Waals surface area contributed by atoms with Gasteiger partial charge in [0.05, 0.1) is 35.2 Å². The third-order valence-corrected chi connectivity index (χ3v) is 6.39. The van der Waals surface area contributed by atoms with Crippen LogP contribution in [0.3, 0.4) is 0 Å². The lowest BCUT2D eigenvalue weighted by molar-refractivity contribution is -0.126. The van der Waals surface area contributed by atoms with Crippen molar-refractivity contribution < 1.29 is 14.3 Å². The number of carbonyl (C=O) groups is 2. The number of ketones is 1. The van der Waals surface area contributed by atoms with Gasteiger partial charge in [-0.05, 0) is 19.1 Å². The van der Waals surface area contributed by atoms with Gasteiger partial charge in [-0.2, -0.15) is 5.10 Å².